The van der Waals surface area contributed by atoms with Gasteiger partial charge in [-0.2, -0.15) is 0 Å². The second-order valence-electron chi connectivity index (χ2n) is 5.59. The van der Waals surface area contributed by atoms with Crippen molar-refractivity contribution >= 4 is 11.8 Å². The first kappa shape index (κ1) is 14.8. The quantitative estimate of drug-likeness (QED) is 0.887. The Morgan fingerprint density at radius 3 is 2.73 bits per heavy atom. The minimum Gasteiger partial charge on any atom is -0.377 e. The first-order chi connectivity index (χ1) is 10.7. The van der Waals surface area contributed by atoms with E-state index in [2.05, 4.69) is 5.32 Å². The van der Waals surface area contributed by atoms with E-state index in [1.165, 1.54) is 0 Å². The maximum Gasteiger partial charge on any atom is 0.250 e. The Bertz CT molecular complexity index is 624. The zero-order valence-corrected chi connectivity index (χ0v) is 12.7. The summed E-state index contributed by atoms with van der Waals surface area (Å²) >= 11 is 0. The van der Waals surface area contributed by atoms with Gasteiger partial charge in [-0.25, -0.2) is 0 Å². The van der Waals surface area contributed by atoms with Crippen molar-refractivity contribution in [3.8, 4) is 0 Å². The number of hydrogen-bond donors (Lipinski definition) is 1. The fraction of sp³-hybridized carbons (Fsp3) is 0.412. The first-order valence-electron chi connectivity index (χ1n) is 7.57. The summed E-state index contributed by atoms with van der Waals surface area (Å²) in [5.74, 6) is -0.165. The van der Waals surface area contributed by atoms with Crippen LogP contribution in [0.4, 0.5) is 0 Å². The number of likely N-dealkylation sites (N-methyl/N-ethyl adjacent to an activating group) is 1. The summed E-state index contributed by atoms with van der Waals surface area (Å²) in [5, 5.41) is 2.68. The summed E-state index contributed by atoms with van der Waals surface area (Å²) in [6, 6.07) is 7.54. The number of nitrogens with zero attached hydrogens (tertiary/aromatic N) is 1. The number of hydrogen-bond acceptors (Lipinski definition) is 3. The maximum absolute atomic E-state index is 12.8. The molecule has 0 saturated carbocycles. The van der Waals surface area contributed by atoms with Crippen molar-refractivity contribution in [1.29, 1.82) is 0 Å². The van der Waals surface area contributed by atoms with Crippen molar-refractivity contribution in [3.63, 3.8) is 0 Å². The van der Waals surface area contributed by atoms with E-state index in [9.17, 15) is 9.59 Å². The third kappa shape index (κ3) is 2.76. The molecule has 0 fully saturated rings. The summed E-state index contributed by atoms with van der Waals surface area (Å²) in [6.07, 6.45) is 3.00. The van der Waals surface area contributed by atoms with Crippen LogP contribution in [0.3, 0.4) is 0 Å². The van der Waals surface area contributed by atoms with E-state index >= 15 is 0 Å². The number of fused-ring (bicyclic) bond motifs is 1. The summed E-state index contributed by atoms with van der Waals surface area (Å²) in [7, 11) is 1.61. The van der Waals surface area contributed by atoms with Crippen molar-refractivity contribution in [3.05, 3.63) is 47.0 Å². The number of carbonyl (C=O) groups excluding carboxylic acids is 2. The van der Waals surface area contributed by atoms with Gasteiger partial charge >= 0.3 is 0 Å². The molecule has 1 aromatic carbocycles. The Hall–Kier alpha value is -2.14. The second kappa shape index (κ2) is 6.32. The molecule has 3 rings (SSSR count). The molecular formula is C17H20N2O3. The smallest absolute Gasteiger partial charge is 0.250 e. The normalized spacial score (nSPS) is 20.9. The molecule has 2 heterocycles. The molecule has 0 aromatic heterocycles. The molecule has 0 saturated heterocycles. The molecule has 2 aliphatic rings. The highest BCUT2D eigenvalue weighted by Crippen LogP contribution is 2.26. The van der Waals surface area contributed by atoms with E-state index in [0.29, 0.717) is 32.6 Å². The third-order valence-electron chi connectivity index (χ3n) is 4.30. The van der Waals surface area contributed by atoms with Crippen molar-refractivity contribution in [2.24, 2.45) is 0 Å². The summed E-state index contributed by atoms with van der Waals surface area (Å²) in [6.45, 7) is 1.51. The van der Waals surface area contributed by atoms with Crippen LogP contribution in [-0.2, 0) is 27.3 Å². The van der Waals surface area contributed by atoms with E-state index < -0.39 is 6.04 Å². The first-order valence-corrected chi connectivity index (χ1v) is 7.57. The molecular weight excluding hydrogens is 280 g/mol. The summed E-state index contributed by atoms with van der Waals surface area (Å²) < 4.78 is 5.26. The van der Waals surface area contributed by atoms with Crippen LogP contribution in [0.5, 0.6) is 0 Å². The van der Waals surface area contributed by atoms with Crippen LogP contribution in [0.25, 0.3) is 0 Å². The highest BCUT2D eigenvalue weighted by Gasteiger charge is 2.35. The predicted octanol–water partition coefficient (Wildman–Crippen LogP) is 1.03. The van der Waals surface area contributed by atoms with E-state index in [1.807, 2.05) is 30.3 Å². The Balaban J connectivity index is 1.91. The molecule has 1 unspecified atom stereocenters. The monoisotopic (exact) mass is 300 g/mol. The van der Waals surface area contributed by atoms with Crippen LogP contribution in [0.1, 0.15) is 17.5 Å². The lowest BCUT2D eigenvalue weighted by molar-refractivity contribution is -0.139. The van der Waals surface area contributed by atoms with Gasteiger partial charge < -0.3 is 15.0 Å². The molecule has 5 heteroatoms. The van der Waals surface area contributed by atoms with E-state index in [-0.39, 0.29) is 11.8 Å². The highest BCUT2D eigenvalue weighted by molar-refractivity contribution is 5.97. The zero-order valence-electron chi connectivity index (χ0n) is 12.7. The Morgan fingerprint density at radius 1 is 1.27 bits per heavy atom. The largest absolute Gasteiger partial charge is 0.377 e. The van der Waals surface area contributed by atoms with Gasteiger partial charge in [0.05, 0.1) is 13.2 Å². The van der Waals surface area contributed by atoms with E-state index in [4.69, 9.17) is 4.74 Å². The van der Waals surface area contributed by atoms with Crippen LogP contribution in [-0.4, -0.2) is 43.0 Å². The molecule has 116 valence electrons. The lowest BCUT2D eigenvalue weighted by atomic mass is 9.92. The van der Waals surface area contributed by atoms with Gasteiger partial charge in [-0.3, -0.25) is 9.59 Å². The number of nitrogens with one attached hydrogen (secondary N) is 1. The van der Waals surface area contributed by atoms with Gasteiger partial charge in [0.2, 0.25) is 5.91 Å². The van der Waals surface area contributed by atoms with Gasteiger partial charge in [-0.05, 0) is 11.1 Å². The van der Waals surface area contributed by atoms with Crippen molar-refractivity contribution < 1.29 is 14.3 Å². The van der Waals surface area contributed by atoms with Crippen molar-refractivity contribution in [2.75, 3.05) is 20.3 Å². The molecule has 22 heavy (non-hydrogen) atoms. The van der Waals surface area contributed by atoms with E-state index in [0.717, 1.165) is 16.7 Å². The Kier molecular flexibility index (Phi) is 4.24. The summed E-state index contributed by atoms with van der Waals surface area (Å²) in [5.41, 5.74) is 3.00. The van der Waals surface area contributed by atoms with Crippen LogP contribution in [0.2, 0.25) is 0 Å². The molecule has 1 N–H and O–H groups in total. The maximum atomic E-state index is 12.8. The molecule has 1 aromatic rings. The SMILES string of the molecule is CNC(=O)C1Cc2ccccc2CN1C(=O)C1=CCOCC1. The van der Waals surface area contributed by atoms with Gasteiger partial charge in [0.25, 0.3) is 5.91 Å². The van der Waals surface area contributed by atoms with Crippen molar-refractivity contribution in [2.45, 2.75) is 25.4 Å². The molecule has 0 aliphatic carbocycles. The number of carbonyl (C=O) groups is 2. The van der Waals surface area contributed by atoms with Crippen LogP contribution >= 0.6 is 0 Å². The Labute approximate surface area is 129 Å². The molecule has 0 spiro atoms. The standard InChI is InChI=1S/C17H20N2O3/c1-18-16(20)15-10-13-4-2-3-5-14(13)11-19(15)17(21)12-6-8-22-9-7-12/h2-6,15H,7-11H2,1H3,(H,18,20). The van der Waals surface area contributed by atoms with Crippen LogP contribution in [0, 0.1) is 0 Å². The third-order valence-corrected chi connectivity index (χ3v) is 4.30. The molecule has 2 aliphatic heterocycles. The minimum absolute atomic E-state index is 0.0496. The van der Waals surface area contributed by atoms with Gasteiger partial charge in [0.1, 0.15) is 6.04 Å². The Morgan fingerprint density at radius 2 is 2.05 bits per heavy atom. The highest BCUT2D eigenvalue weighted by atomic mass is 16.5. The molecule has 2 amide bonds. The average molecular weight is 300 g/mol. The second-order valence-corrected chi connectivity index (χ2v) is 5.59. The zero-order chi connectivity index (χ0) is 15.5. The average Bonchev–Trinajstić information content (AvgIpc) is 2.60. The van der Waals surface area contributed by atoms with Gasteiger partial charge in [-0.1, -0.05) is 30.3 Å². The number of benzene rings is 1. The minimum atomic E-state index is -0.448. The van der Waals surface area contributed by atoms with Crippen LogP contribution < -0.4 is 5.32 Å². The fourth-order valence-electron chi connectivity index (χ4n) is 3.04. The number of amides is 2. The van der Waals surface area contributed by atoms with Gasteiger partial charge in [0, 0.05) is 32.0 Å². The van der Waals surface area contributed by atoms with Crippen LogP contribution in [0.15, 0.2) is 35.9 Å². The summed E-state index contributed by atoms with van der Waals surface area (Å²) in [4.78, 5) is 26.7. The van der Waals surface area contributed by atoms with Crippen molar-refractivity contribution in [1.82, 2.24) is 10.2 Å². The fourth-order valence-corrected chi connectivity index (χ4v) is 3.04. The van der Waals surface area contributed by atoms with Gasteiger partial charge in [-0.15, -0.1) is 0 Å². The van der Waals surface area contributed by atoms with Gasteiger partial charge in [0.15, 0.2) is 0 Å². The van der Waals surface area contributed by atoms with E-state index in [1.54, 1.807) is 11.9 Å². The lowest BCUT2D eigenvalue weighted by Crippen LogP contribution is -2.52. The molecule has 5 nitrogen and oxygen atoms in total. The topological polar surface area (TPSA) is 58.6 Å². The predicted molar refractivity (Wildman–Crippen MR) is 82.1 cm³/mol. The number of rotatable bonds is 2. The molecule has 0 bridgehead atoms. The lowest BCUT2D eigenvalue weighted by Gasteiger charge is -2.36. The molecule has 1 atom stereocenters. The number of ether oxygens (including phenoxy) is 1. The molecule has 0 radical (unpaired) electrons.